The molecule has 9 heteroatoms. The third-order valence-electron chi connectivity index (χ3n) is 5.82. The molecule has 1 aromatic carbocycles. The van der Waals surface area contributed by atoms with Gasteiger partial charge in [-0.05, 0) is 68.4 Å². The number of amides is 1. The number of carbonyl (C=O) groups is 1. The minimum Gasteiger partial charge on any atom is -0.377 e. The highest BCUT2D eigenvalue weighted by molar-refractivity contribution is 7.89. The summed E-state index contributed by atoms with van der Waals surface area (Å²) in [7, 11) is -2.12. The molecule has 164 valence electrons. The second-order valence-corrected chi connectivity index (χ2v) is 11.1. The summed E-state index contributed by atoms with van der Waals surface area (Å²) in [5, 5.41) is 13.0. The predicted octanol–water partition coefficient (Wildman–Crippen LogP) is 3.55. The van der Waals surface area contributed by atoms with Crippen molar-refractivity contribution >= 4 is 32.3 Å². The molecule has 4 rings (SSSR count). The molecule has 2 heterocycles. The number of anilines is 1. The lowest BCUT2D eigenvalue weighted by Crippen LogP contribution is -2.34. The fraction of sp³-hybridized carbons (Fsp3) is 0.455. The lowest BCUT2D eigenvalue weighted by molar-refractivity contribution is 0.0979. The Labute approximate surface area is 186 Å². The molecule has 0 saturated carbocycles. The van der Waals surface area contributed by atoms with Gasteiger partial charge in [0.1, 0.15) is 11.1 Å². The summed E-state index contributed by atoms with van der Waals surface area (Å²) >= 11 is 1.47. The van der Waals surface area contributed by atoms with Crippen LogP contribution in [0.25, 0.3) is 0 Å². The summed E-state index contributed by atoms with van der Waals surface area (Å²) in [6.45, 7) is 0.980. The highest BCUT2D eigenvalue weighted by atomic mass is 32.2. The minimum absolute atomic E-state index is 0.0734. The average molecular weight is 460 g/mol. The fourth-order valence-corrected chi connectivity index (χ4v) is 6.52. The van der Waals surface area contributed by atoms with E-state index in [0.717, 1.165) is 44.1 Å². The van der Waals surface area contributed by atoms with Crippen LogP contribution in [0.3, 0.4) is 0 Å². The summed E-state index contributed by atoms with van der Waals surface area (Å²) in [6, 6.07) is 8.13. The van der Waals surface area contributed by atoms with Crippen LogP contribution in [0.4, 0.5) is 5.00 Å². The number of ether oxygens (including phenoxy) is 1. The van der Waals surface area contributed by atoms with Crippen LogP contribution >= 0.6 is 11.3 Å². The Morgan fingerprint density at radius 3 is 2.68 bits per heavy atom. The number of nitrogens with one attached hydrogen (secondary N) is 1. The van der Waals surface area contributed by atoms with Crippen LogP contribution in [-0.2, 0) is 27.6 Å². The van der Waals surface area contributed by atoms with Crippen LogP contribution in [0.15, 0.2) is 29.2 Å². The molecule has 0 radical (unpaired) electrons. The maximum atomic E-state index is 12.8. The first kappa shape index (κ1) is 22.0. The highest BCUT2D eigenvalue weighted by Gasteiger charge is 2.26. The summed E-state index contributed by atoms with van der Waals surface area (Å²) in [4.78, 5) is 14.0. The number of benzene rings is 1. The van der Waals surface area contributed by atoms with Crippen molar-refractivity contribution in [2.45, 2.75) is 49.5 Å². The molecule has 1 aromatic heterocycles. The van der Waals surface area contributed by atoms with Crippen molar-refractivity contribution in [1.82, 2.24) is 4.31 Å². The number of aryl methyl sites for hydroxylation is 1. The van der Waals surface area contributed by atoms with Crippen molar-refractivity contribution in [1.29, 1.82) is 5.26 Å². The molecule has 2 aliphatic rings. The summed E-state index contributed by atoms with van der Waals surface area (Å²) in [5.41, 5.74) is 1.96. The van der Waals surface area contributed by atoms with Crippen LogP contribution in [0.1, 0.15) is 52.0 Å². The number of thiophene rings is 1. The van der Waals surface area contributed by atoms with Gasteiger partial charge < -0.3 is 10.1 Å². The van der Waals surface area contributed by atoms with Gasteiger partial charge in [-0.1, -0.05) is 0 Å². The lowest BCUT2D eigenvalue weighted by Gasteiger charge is -2.20. The zero-order valence-electron chi connectivity index (χ0n) is 17.4. The van der Waals surface area contributed by atoms with Crippen LogP contribution in [0, 0.1) is 11.3 Å². The second kappa shape index (κ2) is 9.09. The number of nitrogens with zero attached hydrogens (tertiary/aromatic N) is 2. The Bertz CT molecular complexity index is 1110. The van der Waals surface area contributed by atoms with Gasteiger partial charge in [0.15, 0.2) is 0 Å². The van der Waals surface area contributed by atoms with E-state index in [4.69, 9.17) is 4.74 Å². The Morgan fingerprint density at radius 1 is 1.26 bits per heavy atom. The topological polar surface area (TPSA) is 99.5 Å². The van der Waals surface area contributed by atoms with Gasteiger partial charge >= 0.3 is 0 Å². The Morgan fingerprint density at radius 2 is 2.00 bits per heavy atom. The quantitative estimate of drug-likeness (QED) is 0.712. The van der Waals surface area contributed by atoms with Gasteiger partial charge in [0.05, 0.1) is 16.6 Å². The SMILES string of the molecule is CN(C[C@H]1CCCO1)S(=O)(=O)c1ccc(C(=O)Nc2sc3c(c2C#N)CCCC3)cc1. The van der Waals surface area contributed by atoms with Gasteiger partial charge in [0.2, 0.25) is 10.0 Å². The largest absolute Gasteiger partial charge is 0.377 e. The van der Waals surface area contributed by atoms with E-state index < -0.39 is 10.0 Å². The molecule has 2 aromatic rings. The van der Waals surface area contributed by atoms with E-state index in [0.29, 0.717) is 29.3 Å². The summed E-state index contributed by atoms with van der Waals surface area (Å²) in [5.74, 6) is -0.355. The molecule has 7 nitrogen and oxygen atoms in total. The van der Waals surface area contributed by atoms with Crippen molar-refractivity contribution in [3.8, 4) is 6.07 Å². The summed E-state index contributed by atoms with van der Waals surface area (Å²) in [6.07, 6.45) is 5.70. The zero-order chi connectivity index (χ0) is 22.0. The molecule has 0 bridgehead atoms. The number of carbonyl (C=O) groups excluding carboxylic acids is 1. The van der Waals surface area contributed by atoms with Crippen LogP contribution in [0.2, 0.25) is 0 Å². The van der Waals surface area contributed by atoms with Gasteiger partial charge in [-0.3, -0.25) is 4.79 Å². The zero-order valence-corrected chi connectivity index (χ0v) is 19.0. The van der Waals surface area contributed by atoms with E-state index in [2.05, 4.69) is 11.4 Å². The smallest absolute Gasteiger partial charge is 0.256 e. The Hall–Kier alpha value is -2.25. The van der Waals surface area contributed by atoms with Crippen molar-refractivity contribution in [3.63, 3.8) is 0 Å². The van der Waals surface area contributed by atoms with Crippen molar-refractivity contribution in [2.75, 3.05) is 25.5 Å². The number of hydrogen-bond donors (Lipinski definition) is 1. The number of likely N-dealkylation sites (N-methyl/N-ethyl adjacent to an activating group) is 1. The first-order valence-corrected chi connectivity index (χ1v) is 12.7. The number of nitriles is 1. The third kappa shape index (κ3) is 4.53. The molecule has 31 heavy (non-hydrogen) atoms. The number of sulfonamides is 1. The van der Waals surface area contributed by atoms with E-state index in [9.17, 15) is 18.5 Å². The number of rotatable bonds is 6. The van der Waals surface area contributed by atoms with Gasteiger partial charge in [-0.15, -0.1) is 11.3 Å². The van der Waals surface area contributed by atoms with E-state index in [1.165, 1.54) is 44.8 Å². The lowest BCUT2D eigenvalue weighted by atomic mass is 9.96. The number of fused-ring (bicyclic) bond motifs is 1. The molecule has 0 spiro atoms. The van der Waals surface area contributed by atoms with E-state index in [1.54, 1.807) is 7.05 Å². The van der Waals surface area contributed by atoms with Crippen molar-refractivity contribution in [3.05, 3.63) is 45.8 Å². The van der Waals surface area contributed by atoms with E-state index in [-0.39, 0.29) is 16.9 Å². The molecular formula is C22H25N3O4S2. The van der Waals surface area contributed by atoms with Gasteiger partial charge in [-0.2, -0.15) is 9.57 Å². The molecule has 1 N–H and O–H groups in total. The number of hydrogen-bond acceptors (Lipinski definition) is 6. The normalized spacial score (nSPS) is 18.5. The van der Waals surface area contributed by atoms with Gasteiger partial charge in [-0.25, -0.2) is 8.42 Å². The van der Waals surface area contributed by atoms with Gasteiger partial charge in [0, 0.05) is 30.6 Å². The molecule has 1 aliphatic heterocycles. The van der Waals surface area contributed by atoms with Crippen LogP contribution in [0.5, 0.6) is 0 Å². The Kier molecular flexibility index (Phi) is 6.44. The standard InChI is InChI=1S/C22H25N3O4S2/c1-25(14-16-5-4-12-29-16)31(27,28)17-10-8-15(9-11-17)21(26)24-22-19(13-23)18-6-2-3-7-20(18)30-22/h8-11,16H,2-7,12,14H2,1H3,(H,24,26)/t16-/m1/s1. The minimum atomic E-state index is -3.66. The average Bonchev–Trinajstić information content (AvgIpc) is 3.40. The molecule has 1 fully saturated rings. The molecular weight excluding hydrogens is 434 g/mol. The molecule has 1 saturated heterocycles. The molecule has 0 unspecified atom stereocenters. The van der Waals surface area contributed by atoms with E-state index in [1.807, 2.05) is 0 Å². The van der Waals surface area contributed by atoms with Crippen molar-refractivity contribution in [2.24, 2.45) is 0 Å². The maximum absolute atomic E-state index is 12.8. The fourth-order valence-electron chi connectivity index (χ4n) is 4.08. The first-order chi connectivity index (χ1) is 14.9. The Balaban J connectivity index is 1.47. The first-order valence-electron chi connectivity index (χ1n) is 10.4. The van der Waals surface area contributed by atoms with Crippen molar-refractivity contribution < 1.29 is 17.9 Å². The predicted molar refractivity (Wildman–Crippen MR) is 119 cm³/mol. The monoisotopic (exact) mass is 459 g/mol. The summed E-state index contributed by atoms with van der Waals surface area (Å²) < 4.78 is 32.5. The molecule has 1 aliphatic carbocycles. The molecule has 1 atom stereocenters. The molecule has 1 amide bonds. The maximum Gasteiger partial charge on any atom is 0.256 e. The second-order valence-electron chi connectivity index (χ2n) is 7.93. The third-order valence-corrected chi connectivity index (χ3v) is 8.86. The van der Waals surface area contributed by atoms with Gasteiger partial charge in [0.25, 0.3) is 5.91 Å². The van der Waals surface area contributed by atoms with Crippen LogP contribution < -0.4 is 5.32 Å². The van der Waals surface area contributed by atoms with Crippen LogP contribution in [-0.4, -0.2) is 44.9 Å². The van der Waals surface area contributed by atoms with E-state index >= 15 is 0 Å². The highest BCUT2D eigenvalue weighted by Crippen LogP contribution is 2.37.